The van der Waals surface area contributed by atoms with Gasteiger partial charge in [-0.1, -0.05) is 0 Å². The fraction of sp³-hybridized carbons (Fsp3) is 0.500. The summed E-state index contributed by atoms with van der Waals surface area (Å²) in [6.07, 6.45) is 0. The molecule has 3 heteroatoms. The van der Waals surface area contributed by atoms with Crippen LogP contribution in [0.4, 0.5) is 0 Å². The van der Waals surface area contributed by atoms with Gasteiger partial charge in [-0.15, -0.1) is 0 Å². The molecule has 0 aliphatic rings. The van der Waals surface area contributed by atoms with Crippen LogP contribution < -0.4 is 0 Å². The highest BCUT2D eigenvalue weighted by molar-refractivity contribution is 6.38. The van der Waals surface area contributed by atoms with Gasteiger partial charge in [0.05, 0.1) is 5.71 Å². The molecule has 0 unspecified atom stereocenters. The normalized spacial score (nSPS) is 11.4. The lowest BCUT2D eigenvalue weighted by Crippen LogP contribution is -2.02. The number of carbonyl (C=O) groups is 1. The van der Waals surface area contributed by atoms with E-state index in [-0.39, 0.29) is 11.5 Å². The second kappa shape index (κ2) is 2.34. The molecule has 0 amide bonds. The Hall–Kier alpha value is -0.860. The van der Waals surface area contributed by atoms with Crippen molar-refractivity contribution in [3.8, 4) is 0 Å². The maximum atomic E-state index is 10.0. The smallest absolute Gasteiger partial charge is 0.172 e. The van der Waals surface area contributed by atoms with Gasteiger partial charge in [0.2, 0.25) is 0 Å². The molecule has 0 aliphatic heterocycles. The minimum atomic E-state index is -0.269. The second-order valence-corrected chi connectivity index (χ2v) is 1.23. The highest BCUT2D eigenvalue weighted by Crippen LogP contribution is 1.75. The number of ketones is 1. The molecule has 7 heavy (non-hydrogen) atoms. The predicted octanol–water partition coefficient (Wildman–Crippen LogP) is 0.534. The zero-order valence-corrected chi connectivity index (χ0v) is 4.26. The lowest BCUT2D eigenvalue weighted by Gasteiger charge is -1.93. The van der Waals surface area contributed by atoms with Crippen LogP contribution in [-0.2, 0) is 4.79 Å². The summed E-state index contributed by atoms with van der Waals surface area (Å²) in [5.74, 6) is -0.269. The summed E-state index contributed by atoms with van der Waals surface area (Å²) in [4.78, 5) is 10.0. The van der Waals surface area contributed by atoms with Gasteiger partial charge in [0.25, 0.3) is 0 Å². The monoisotopic (exact) mass is 100 g/mol. The minimum absolute atomic E-state index is 0.0278. The Kier molecular flexibility index (Phi) is 2.05. The number of hydrogen-bond acceptors (Lipinski definition) is 3. The summed E-state index contributed by atoms with van der Waals surface area (Å²) < 4.78 is 0. The third-order valence-corrected chi connectivity index (χ3v) is 0.646. The molecule has 0 saturated carbocycles. The van der Waals surface area contributed by atoms with Crippen LogP contribution >= 0.6 is 0 Å². The van der Waals surface area contributed by atoms with Crippen molar-refractivity contribution in [1.82, 2.24) is 0 Å². The quantitative estimate of drug-likeness (QED) is 0.356. The van der Waals surface area contributed by atoms with Crippen LogP contribution in [0.25, 0.3) is 0 Å². The average molecular weight is 100 g/mol. The SMILES string of the molecule is CC(=O)C(C)=N[O-]. The van der Waals surface area contributed by atoms with Crippen LogP contribution in [-0.4, -0.2) is 11.5 Å². The Morgan fingerprint density at radius 2 is 2.00 bits per heavy atom. The maximum Gasteiger partial charge on any atom is 0.172 e. The van der Waals surface area contributed by atoms with Crippen LogP contribution in [0.1, 0.15) is 13.8 Å². The molecule has 0 fully saturated rings. The molecular weight excluding hydrogens is 94.0 g/mol. The van der Waals surface area contributed by atoms with Gasteiger partial charge >= 0.3 is 0 Å². The van der Waals surface area contributed by atoms with Crippen LogP contribution in [0.15, 0.2) is 5.16 Å². The van der Waals surface area contributed by atoms with Crippen LogP contribution in [0.5, 0.6) is 0 Å². The van der Waals surface area contributed by atoms with Gasteiger partial charge in [-0.25, -0.2) is 0 Å². The van der Waals surface area contributed by atoms with Crippen molar-refractivity contribution in [3.05, 3.63) is 5.21 Å². The molecule has 0 aromatic heterocycles. The van der Waals surface area contributed by atoms with Crippen molar-refractivity contribution < 1.29 is 4.79 Å². The van der Waals surface area contributed by atoms with Crippen molar-refractivity contribution in [1.29, 1.82) is 0 Å². The van der Waals surface area contributed by atoms with E-state index in [0.29, 0.717) is 0 Å². The van der Waals surface area contributed by atoms with E-state index in [1.807, 2.05) is 0 Å². The number of hydrogen-bond donors (Lipinski definition) is 0. The first-order valence-electron chi connectivity index (χ1n) is 1.86. The Morgan fingerprint density at radius 3 is 2.00 bits per heavy atom. The third-order valence-electron chi connectivity index (χ3n) is 0.646. The van der Waals surface area contributed by atoms with E-state index >= 15 is 0 Å². The van der Waals surface area contributed by atoms with E-state index < -0.39 is 0 Å². The zero-order chi connectivity index (χ0) is 5.86. The van der Waals surface area contributed by atoms with Crippen molar-refractivity contribution in [2.45, 2.75) is 13.8 Å². The Balaban J connectivity index is 3.82. The molecule has 0 rings (SSSR count). The summed E-state index contributed by atoms with van der Waals surface area (Å²) >= 11 is 0. The molecule has 3 nitrogen and oxygen atoms in total. The molecule has 0 aromatic rings. The van der Waals surface area contributed by atoms with Crippen molar-refractivity contribution in [2.24, 2.45) is 5.16 Å². The summed E-state index contributed by atoms with van der Waals surface area (Å²) in [5.41, 5.74) is 0.0278. The van der Waals surface area contributed by atoms with E-state index in [0.717, 1.165) is 0 Å². The molecule has 0 radical (unpaired) electrons. The maximum absolute atomic E-state index is 10.0. The van der Waals surface area contributed by atoms with Crippen molar-refractivity contribution in [2.75, 3.05) is 0 Å². The van der Waals surface area contributed by atoms with Crippen LogP contribution in [0.2, 0.25) is 0 Å². The zero-order valence-electron chi connectivity index (χ0n) is 4.26. The van der Waals surface area contributed by atoms with Crippen LogP contribution in [0.3, 0.4) is 0 Å². The highest BCUT2D eigenvalue weighted by Gasteiger charge is 1.90. The van der Waals surface area contributed by atoms with Gasteiger partial charge < -0.3 is 10.4 Å². The van der Waals surface area contributed by atoms with E-state index in [9.17, 15) is 10.0 Å². The highest BCUT2D eigenvalue weighted by atomic mass is 16.4. The number of carbonyl (C=O) groups excluding carboxylic acids is 1. The van der Waals surface area contributed by atoms with Crippen LogP contribution in [0, 0.1) is 5.21 Å². The van der Waals surface area contributed by atoms with Crippen molar-refractivity contribution >= 4 is 11.5 Å². The number of Topliss-reactive ketones (excluding diaryl/α,β-unsaturated/α-hetero) is 1. The Labute approximate surface area is 41.6 Å². The van der Waals surface area contributed by atoms with Gasteiger partial charge in [-0.3, -0.25) is 4.79 Å². The van der Waals surface area contributed by atoms with E-state index in [4.69, 9.17) is 0 Å². The number of nitrogens with zero attached hydrogens (tertiary/aromatic N) is 1. The van der Waals surface area contributed by atoms with Crippen molar-refractivity contribution in [3.63, 3.8) is 0 Å². The third kappa shape index (κ3) is 1.92. The molecule has 0 spiro atoms. The fourth-order valence-corrected chi connectivity index (χ4v) is 0.0643. The average Bonchev–Trinajstić information content (AvgIpc) is 1.65. The first-order chi connectivity index (χ1) is 3.18. The molecule has 0 heterocycles. The van der Waals surface area contributed by atoms with Gasteiger partial charge in [0, 0.05) is 6.92 Å². The number of rotatable bonds is 1. The molecule has 0 aromatic carbocycles. The van der Waals surface area contributed by atoms with Gasteiger partial charge in [0.15, 0.2) is 5.78 Å². The lowest BCUT2D eigenvalue weighted by atomic mass is 10.3. The first-order valence-corrected chi connectivity index (χ1v) is 1.86. The minimum Gasteiger partial charge on any atom is -0.792 e. The molecule has 0 saturated heterocycles. The molecular formula is C4H6NO2-. The standard InChI is InChI=1S/C4H7NO2/c1-3(5-7)4(2)6/h7H,1-2H3/p-1. The molecule has 0 aliphatic carbocycles. The van der Waals surface area contributed by atoms with Gasteiger partial charge in [0.1, 0.15) is 0 Å². The van der Waals surface area contributed by atoms with Gasteiger partial charge in [-0.2, -0.15) is 0 Å². The van der Waals surface area contributed by atoms with E-state index in [1.54, 1.807) is 0 Å². The summed E-state index contributed by atoms with van der Waals surface area (Å²) in [7, 11) is 0. The lowest BCUT2D eigenvalue weighted by molar-refractivity contribution is -0.111. The fourth-order valence-electron chi connectivity index (χ4n) is 0.0643. The summed E-state index contributed by atoms with van der Waals surface area (Å²) in [6.45, 7) is 2.69. The predicted molar refractivity (Wildman–Crippen MR) is 27.2 cm³/mol. The topological polar surface area (TPSA) is 52.5 Å². The Morgan fingerprint density at radius 1 is 1.57 bits per heavy atom. The molecule has 0 atom stereocenters. The van der Waals surface area contributed by atoms with Gasteiger partial charge in [-0.05, 0) is 6.92 Å². The summed E-state index contributed by atoms with van der Waals surface area (Å²) in [6, 6.07) is 0. The van der Waals surface area contributed by atoms with E-state index in [1.165, 1.54) is 13.8 Å². The summed E-state index contributed by atoms with van der Waals surface area (Å²) in [5, 5.41) is 11.8. The second-order valence-electron chi connectivity index (χ2n) is 1.23. The molecule has 40 valence electrons. The molecule has 0 N–H and O–H groups in total. The first kappa shape index (κ1) is 6.14. The molecule has 0 bridgehead atoms. The Bertz CT molecular complexity index is 106. The van der Waals surface area contributed by atoms with E-state index in [2.05, 4.69) is 5.16 Å². The largest absolute Gasteiger partial charge is 0.792 e.